The molecule has 0 aliphatic rings. The Hall–Kier alpha value is -1.52. The molecule has 0 fully saturated rings. The largest absolute Gasteiger partial charge is 0.323 e. The van der Waals surface area contributed by atoms with Crippen molar-refractivity contribution in [1.82, 2.24) is 0 Å². The van der Waals surface area contributed by atoms with Gasteiger partial charge in [0.2, 0.25) is 0 Å². The van der Waals surface area contributed by atoms with Gasteiger partial charge >= 0.3 is 0 Å². The summed E-state index contributed by atoms with van der Waals surface area (Å²) in [5.74, 6) is -0.00192. The molecule has 20 heavy (non-hydrogen) atoms. The zero-order valence-electron chi connectivity index (χ0n) is 11.6. The van der Waals surface area contributed by atoms with Crippen molar-refractivity contribution in [1.29, 1.82) is 0 Å². The number of hydrogen-bond acceptors (Lipinski definition) is 2. The van der Waals surface area contributed by atoms with Crippen molar-refractivity contribution in [3.63, 3.8) is 0 Å². The summed E-state index contributed by atoms with van der Waals surface area (Å²) in [6.07, 6.45) is 0. The van der Waals surface area contributed by atoms with Crippen molar-refractivity contribution in [3.8, 4) is 0 Å². The van der Waals surface area contributed by atoms with Gasteiger partial charge in [-0.25, -0.2) is 4.39 Å². The molecule has 2 unspecified atom stereocenters. The minimum Gasteiger partial charge on any atom is -0.323 e. The number of rotatable bonds is 4. The monoisotopic (exact) mass is 291 g/mol. The van der Waals surface area contributed by atoms with Gasteiger partial charge in [0.05, 0.1) is 10.8 Å². The topological polar surface area (TPSA) is 43.1 Å². The molecule has 0 aromatic heterocycles. The lowest BCUT2D eigenvalue weighted by molar-refractivity contribution is 0.626. The van der Waals surface area contributed by atoms with Crippen LogP contribution in [0.25, 0.3) is 0 Å². The van der Waals surface area contributed by atoms with Crippen LogP contribution in [0.3, 0.4) is 0 Å². The maximum Gasteiger partial charge on any atom is 0.123 e. The Labute approximate surface area is 121 Å². The zero-order valence-corrected chi connectivity index (χ0v) is 12.4. The van der Waals surface area contributed by atoms with E-state index in [1.807, 2.05) is 32.0 Å². The highest BCUT2D eigenvalue weighted by molar-refractivity contribution is 7.85. The van der Waals surface area contributed by atoms with Crippen LogP contribution in [0, 0.1) is 19.7 Å². The zero-order chi connectivity index (χ0) is 14.7. The van der Waals surface area contributed by atoms with Gasteiger partial charge in [0, 0.05) is 16.7 Å². The van der Waals surface area contributed by atoms with Crippen LogP contribution in [-0.2, 0) is 10.8 Å². The van der Waals surface area contributed by atoms with Gasteiger partial charge in [0.1, 0.15) is 5.82 Å². The Kier molecular flexibility index (Phi) is 4.68. The van der Waals surface area contributed by atoms with Crippen molar-refractivity contribution in [2.45, 2.75) is 24.8 Å². The molecule has 0 bridgehead atoms. The van der Waals surface area contributed by atoms with Crippen molar-refractivity contribution in [2.24, 2.45) is 5.73 Å². The molecule has 106 valence electrons. The number of benzene rings is 2. The van der Waals surface area contributed by atoms with E-state index in [2.05, 4.69) is 0 Å². The van der Waals surface area contributed by atoms with E-state index in [9.17, 15) is 8.60 Å². The maximum atomic E-state index is 12.8. The van der Waals surface area contributed by atoms with E-state index >= 15 is 0 Å². The van der Waals surface area contributed by atoms with Crippen LogP contribution >= 0.6 is 0 Å². The van der Waals surface area contributed by atoms with Crippen molar-refractivity contribution < 1.29 is 8.60 Å². The molecular formula is C16H18FNOS. The molecule has 2 nitrogen and oxygen atoms in total. The molecule has 2 aromatic carbocycles. The third kappa shape index (κ3) is 3.52. The molecule has 2 atom stereocenters. The normalized spacial score (nSPS) is 14.0. The van der Waals surface area contributed by atoms with E-state index in [-0.39, 0.29) is 11.9 Å². The molecule has 0 aliphatic carbocycles. The number of hydrogen-bond donors (Lipinski definition) is 1. The van der Waals surface area contributed by atoms with Crippen molar-refractivity contribution >= 4 is 10.8 Å². The van der Waals surface area contributed by atoms with Crippen LogP contribution < -0.4 is 5.73 Å². The fourth-order valence-corrected chi connectivity index (χ4v) is 3.09. The number of aryl methyl sites for hydroxylation is 2. The van der Waals surface area contributed by atoms with Gasteiger partial charge in [0.15, 0.2) is 0 Å². The Bertz CT molecular complexity index is 625. The summed E-state index contributed by atoms with van der Waals surface area (Å²) >= 11 is 0. The Morgan fingerprint density at radius 1 is 1.10 bits per heavy atom. The average molecular weight is 291 g/mol. The van der Waals surface area contributed by atoms with Gasteiger partial charge in [-0.1, -0.05) is 18.2 Å². The quantitative estimate of drug-likeness (QED) is 0.939. The lowest BCUT2D eigenvalue weighted by atomic mass is 10.0. The highest BCUT2D eigenvalue weighted by Crippen LogP contribution is 2.18. The summed E-state index contributed by atoms with van der Waals surface area (Å²) in [6.45, 7) is 4.07. The summed E-state index contributed by atoms with van der Waals surface area (Å²) < 4.78 is 25.0. The van der Waals surface area contributed by atoms with Crippen molar-refractivity contribution in [2.75, 3.05) is 5.75 Å². The molecule has 2 N–H and O–H groups in total. The van der Waals surface area contributed by atoms with Crippen LogP contribution in [0.5, 0.6) is 0 Å². The highest BCUT2D eigenvalue weighted by Gasteiger charge is 2.13. The van der Waals surface area contributed by atoms with Crippen LogP contribution in [0.1, 0.15) is 22.7 Å². The van der Waals surface area contributed by atoms with E-state index in [0.717, 1.165) is 5.56 Å². The van der Waals surface area contributed by atoms with Gasteiger partial charge in [-0.2, -0.15) is 0 Å². The molecule has 0 heterocycles. The molecule has 0 radical (unpaired) electrons. The summed E-state index contributed by atoms with van der Waals surface area (Å²) in [7, 11) is -1.23. The molecule has 0 amide bonds. The molecular weight excluding hydrogens is 273 g/mol. The van der Waals surface area contributed by atoms with Crippen LogP contribution in [0.15, 0.2) is 47.4 Å². The summed E-state index contributed by atoms with van der Waals surface area (Å²) in [6, 6.07) is 11.4. The van der Waals surface area contributed by atoms with E-state index in [1.165, 1.54) is 23.3 Å². The second kappa shape index (κ2) is 6.29. The molecule has 0 saturated heterocycles. The van der Waals surface area contributed by atoms with E-state index < -0.39 is 10.8 Å². The van der Waals surface area contributed by atoms with E-state index in [0.29, 0.717) is 10.6 Å². The van der Waals surface area contributed by atoms with Crippen LogP contribution in [0.2, 0.25) is 0 Å². The van der Waals surface area contributed by atoms with Gasteiger partial charge in [0.25, 0.3) is 0 Å². The molecule has 2 rings (SSSR count). The molecule has 2 aromatic rings. The third-order valence-corrected chi connectivity index (χ3v) is 4.83. The summed E-state index contributed by atoms with van der Waals surface area (Å²) in [5, 5.41) is 0. The Balaban J connectivity index is 2.10. The summed E-state index contributed by atoms with van der Waals surface area (Å²) in [5.41, 5.74) is 9.47. The Morgan fingerprint density at radius 3 is 2.35 bits per heavy atom. The van der Waals surface area contributed by atoms with Gasteiger partial charge < -0.3 is 5.73 Å². The fraction of sp³-hybridized carbons (Fsp3) is 0.250. The second-order valence-electron chi connectivity index (χ2n) is 4.92. The number of nitrogens with two attached hydrogens (primary N) is 1. The predicted octanol–water partition coefficient (Wildman–Crippen LogP) is 3.25. The molecule has 0 aliphatic heterocycles. The van der Waals surface area contributed by atoms with Gasteiger partial charge in [-0.3, -0.25) is 4.21 Å². The highest BCUT2D eigenvalue weighted by atomic mass is 32.2. The fourth-order valence-electron chi connectivity index (χ4n) is 1.94. The standard InChI is InChI=1S/C16H18FNOS/c1-11-3-4-13(9-12(11)2)16(18)10-20(19)15-7-5-14(17)6-8-15/h3-9,16H,10,18H2,1-2H3. The first-order chi connectivity index (χ1) is 9.47. The first-order valence-electron chi connectivity index (χ1n) is 6.44. The van der Waals surface area contributed by atoms with E-state index in [4.69, 9.17) is 5.73 Å². The molecule has 0 saturated carbocycles. The lowest BCUT2D eigenvalue weighted by Crippen LogP contribution is -2.18. The van der Waals surface area contributed by atoms with Crippen molar-refractivity contribution in [3.05, 3.63) is 65.0 Å². The SMILES string of the molecule is Cc1ccc(C(N)CS(=O)c2ccc(F)cc2)cc1C. The minimum atomic E-state index is -1.23. The van der Waals surface area contributed by atoms with Gasteiger partial charge in [-0.05, 0) is 54.8 Å². The average Bonchev–Trinajstić information content (AvgIpc) is 2.42. The predicted molar refractivity (Wildman–Crippen MR) is 80.5 cm³/mol. The smallest absolute Gasteiger partial charge is 0.123 e. The summed E-state index contributed by atoms with van der Waals surface area (Å²) in [4.78, 5) is 0.602. The first-order valence-corrected chi connectivity index (χ1v) is 7.76. The lowest BCUT2D eigenvalue weighted by Gasteiger charge is -2.13. The first kappa shape index (κ1) is 14.9. The van der Waals surface area contributed by atoms with Crippen LogP contribution in [-0.4, -0.2) is 9.96 Å². The number of halogens is 1. The minimum absolute atomic E-state index is 0.291. The van der Waals surface area contributed by atoms with Gasteiger partial charge in [-0.15, -0.1) is 0 Å². The van der Waals surface area contributed by atoms with E-state index in [1.54, 1.807) is 12.1 Å². The maximum absolute atomic E-state index is 12.8. The Morgan fingerprint density at radius 2 is 1.75 bits per heavy atom. The van der Waals surface area contributed by atoms with Crippen LogP contribution in [0.4, 0.5) is 4.39 Å². The third-order valence-electron chi connectivity index (χ3n) is 3.37. The molecule has 0 spiro atoms. The molecule has 4 heteroatoms. The second-order valence-corrected chi connectivity index (χ2v) is 6.41.